The fourth-order valence-corrected chi connectivity index (χ4v) is 4.57. The SMILES string of the molecule is CC(C)c1c(C(=O)NC(C)(C)c2ccccc2)nn(-c2ccc(F)cc2)c1CC[C@@H](O)C[C@@H](O)CC(=O)O.[NaH]. The molecule has 2 aromatic carbocycles. The topological polar surface area (TPSA) is 125 Å². The molecule has 0 spiro atoms. The van der Waals surface area contributed by atoms with Crippen LogP contribution in [-0.2, 0) is 16.8 Å². The average Bonchev–Trinajstić information content (AvgIpc) is 3.23. The molecule has 0 bridgehead atoms. The van der Waals surface area contributed by atoms with Gasteiger partial charge in [-0.25, -0.2) is 9.07 Å². The molecule has 206 valence electrons. The van der Waals surface area contributed by atoms with Gasteiger partial charge < -0.3 is 20.6 Å². The minimum absolute atomic E-state index is 0. The van der Waals surface area contributed by atoms with E-state index in [4.69, 9.17) is 5.11 Å². The van der Waals surface area contributed by atoms with Crippen LogP contribution >= 0.6 is 0 Å². The molecule has 0 fully saturated rings. The number of aromatic nitrogens is 2. The number of carboxylic acid groups (broad SMARTS) is 1. The Morgan fingerprint density at radius 1 is 1.03 bits per heavy atom. The second-order valence-electron chi connectivity index (χ2n) is 10.4. The Bertz CT molecular complexity index is 1250. The molecule has 3 rings (SSSR count). The van der Waals surface area contributed by atoms with Crippen LogP contribution in [0.2, 0.25) is 0 Å². The molecule has 0 aliphatic carbocycles. The van der Waals surface area contributed by atoms with Gasteiger partial charge in [-0.2, -0.15) is 5.10 Å². The van der Waals surface area contributed by atoms with E-state index in [0.717, 1.165) is 5.56 Å². The number of aliphatic carboxylic acids is 1. The molecule has 0 radical (unpaired) electrons. The number of carbonyl (C=O) groups excluding carboxylic acids is 1. The van der Waals surface area contributed by atoms with Gasteiger partial charge in [0.1, 0.15) is 5.82 Å². The van der Waals surface area contributed by atoms with Gasteiger partial charge in [0.2, 0.25) is 0 Å². The summed E-state index contributed by atoms with van der Waals surface area (Å²) in [5.41, 5.74) is 2.44. The summed E-state index contributed by atoms with van der Waals surface area (Å²) >= 11 is 0. The number of rotatable bonds is 12. The molecule has 3 aromatic rings. The predicted molar refractivity (Wildman–Crippen MR) is 149 cm³/mol. The molecule has 1 amide bonds. The van der Waals surface area contributed by atoms with E-state index in [-0.39, 0.29) is 59.9 Å². The van der Waals surface area contributed by atoms with Crippen LogP contribution in [0.1, 0.15) is 80.2 Å². The zero-order valence-corrected chi connectivity index (χ0v) is 22.2. The Morgan fingerprint density at radius 2 is 1.64 bits per heavy atom. The zero-order valence-electron chi connectivity index (χ0n) is 22.2. The Labute approximate surface area is 250 Å². The first-order chi connectivity index (χ1) is 17.9. The summed E-state index contributed by atoms with van der Waals surface area (Å²) in [6, 6.07) is 15.3. The number of benzene rings is 2. The van der Waals surface area contributed by atoms with Gasteiger partial charge in [-0.3, -0.25) is 9.59 Å². The maximum absolute atomic E-state index is 13.7. The standard InChI is InChI=1S/C29H36FN3O5.Na.H/c1-18(2)26-24(15-14-22(34)16-23(35)17-25(36)37)33(21-12-10-20(30)11-13-21)32-27(26)28(38)31-29(3,4)19-8-6-5-7-9-19;;/h5-13,18,22-23,34-35H,14-17H2,1-4H3,(H,31,38)(H,36,37);;/t22-,23-;;/m1../s1. The van der Waals surface area contributed by atoms with Crippen LogP contribution in [0.15, 0.2) is 54.6 Å². The Balaban J connectivity index is 0.00000533. The van der Waals surface area contributed by atoms with Crippen LogP contribution in [0.4, 0.5) is 4.39 Å². The van der Waals surface area contributed by atoms with Crippen LogP contribution in [0.5, 0.6) is 0 Å². The normalized spacial score (nSPS) is 13.0. The summed E-state index contributed by atoms with van der Waals surface area (Å²) < 4.78 is 15.3. The third-order valence-electron chi connectivity index (χ3n) is 6.48. The van der Waals surface area contributed by atoms with Crippen molar-refractivity contribution in [2.24, 2.45) is 0 Å². The van der Waals surface area contributed by atoms with Crippen molar-refractivity contribution in [3.05, 3.63) is 82.9 Å². The maximum atomic E-state index is 13.7. The van der Waals surface area contributed by atoms with Gasteiger partial charge in [-0.1, -0.05) is 44.2 Å². The van der Waals surface area contributed by atoms with E-state index < -0.39 is 36.0 Å². The minimum atomic E-state index is -1.17. The van der Waals surface area contributed by atoms with E-state index in [1.165, 1.54) is 12.1 Å². The number of aliphatic hydroxyl groups excluding tert-OH is 2. The predicted octanol–water partition coefficient (Wildman–Crippen LogP) is 3.67. The van der Waals surface area contributed by atoms with Crippen molar-refractivity contribution in [2.75, 3.05) is 0 Å². The molecular weight excluding hydrogens is 512 g/mol. The average molecular weight is 550 g/mol. The number of nitrogens with zero attached hydrogens (tertiary/aromatic N) is 2. The quantitative estimate of drug-likeness (QED) is 0.256. The first-order valence-corrected chi connectivity index (χ1v) is 12.7. The van der Waals surface area contributed by atoms with Gasteiger partial charge in [0.15, 0.2) is 5.69 Å². The summed E-state index contributed by atoms with van der Waals surface area (Å²) in [6.07, 6.45) is -2.17. The van der Waals surface area contributed by atoms with E-state index >= 15 is 0 Å². The van der Waals surface area contributed by atoms with E-state index in [9.17, 15) is 24.2 Å². The number of nitrogens with one attached hydrogen (secondary N) is 1. The number of aliphatic hydroxyl groups is 2. The van der Waals surface area contributed by atoms with Crippen LogP contribution < -0.4 is 5.32 Å². The van der Waals surface area contributed by atoms with E-state index in [1.54, 1.807) is 16.8 Å². The summed E-state index contributed by atoms with van der Waals surface area (Å²) in [4.78, 5) is 24.5. The molecule has 0 aliphatic heterocycles. The Hall–Kier alpha value is -2.56. The number of hydrogen-bond donors (Lipinski definition) is 4. The van der Waals surface area contributed by atoms with Gasteiger partial charge in [-0.15, -0.1) is 0 Å². The Kier molecular flexibility index (Phi) is 11.9. The van der Waals surface area contributed by atoms with Crippen LogP contribution in [0, 0.1) is 5.82 Å². The van der Waals surface area contributed by atoms with Crippen molar-refractivity contribution in [3.8, 4) is 5.69 Å². The molecule has 10 heteroatoms. The first-order valence-electron chi connectivity index (χ1n) is 12.7. The number of hydrogen-bond acceptors (Lipinski definition) is 5. The summed E-state index contributed by atoms with van der Waals surface area (Å²) in [5.74, 6) is -2.01. The van der Waals surface area contributed by atoms with Crippen molar-refractivity contribution in [3.63, 3.8) is 0 Å². The fraction of sp³-hybridized carbons (Fsp3) is 0.414. The number of amides is 1. The van der Waals surface area contributed by atoms with Crippen molar-refractivity contribution in [1.82, 2.24) is 15.1 Å². The van der Waals surface area contributed by atoms with Gasteiger partial charge in [0.25, 0.3) is 5.91 Å². The van der Waals surface area contributed by atoms with Gasteiger partial charge in [0, 0.05) is 11.3 Å². The molecule has 0 saturated carbocycles. The van der Waals surface area contributed by atoms with Crippen molar-refractivity contribution in [2.45, 2.75) is 77.0 Å². The van der Waals surface area contributed by atoms with Crippen molar-refractivity contribution >= 4 is 41.4 Å². The molecule has 8 nitrogen and oxygen atoms in total. The van der Waals surface area contributed by atoms with Crippen LogP contribution in [0.3, 0.4) is 0 Å². The summed E-state index contributed by atoms with van der Waals surface area (Å²) in [5, 5.41) is 37.0. The molecule has 2 atom stereocenters. The van der Waals surface area contributed by atoms with Crippen LogP contribution in [0.25, 0.3) is 5.69 Å². The molecule has 0 unspecified atom stereocenters. The molecule has 39 heavy (non-hydrogen) atoms. The molecule has 4 N–H and O–H groups in total. The molecular formula is C29H37FN3NaO5. The zero-order chi connectivity index (χ0) is 28.0. The third kappa shape index (κ3) is 8.71. The summed E-state index contributed by atoms with van der Waals surface area (Å²) in [7, 11) is 0. The second kappa shape index (κ2) is 14.2. The molecule has 0 aliphatic rings. The first kappa shape index (κ1) is 32.7. The third-order valence-corrected chi connectivity index (χ3v) is 6.48. The van der Waals surface area contributed by atoms with Gasteiger partial charge in [-0.05, 0) is 68.9 Å². The molecule has 1 aromatic heterocycles. The number of carboxylic acids is 1. The van der Waals surface area contributed by atoms with E-state index in [2.05, 4.69) is 10.4 Å². The van der Waals surface area contributed by atoms with Crippen molar-refractivity contribution < 1.29 is 29.3 Å². The monoisotopic (exact) mass is 549 g/mol. The number of halogens is 1. The molecule has 0 saturated heterocycles. The summed E-state index contributed by atoms with van der Waals surface area (Å²) in [6.45, 7) is 7.71. The fourth-order valence-electron chi connectivity index (χ4n) is 4.57. The van der Waals surface area contributed by atoms with E-state index in [1.807, 2.05) is 58.0 Å². The number of carbonyl (C=O) groups is 2. The second-order valence-corrected chi connectivity index (χ2v) is 10.4. The van der Waals surface area contributed by atoms with Gasteiger partial charge >= 0.3 is 35.5 Å². The van der Waals surface area contributed by atoms with Crippen LogP contribution in [-0.4, -0.2) is 78.7 Å². The van der Waals surface area contributed by atoms with E-state index in [0.29, 0.717) is 23.4 Å². The van der Waals surface area contributed by atoms with Gasteiger partial charge in [0.05, 0.1) is 29.9 Å². The Morgan fingerprint density at radius 3 is 2.21 bits per heavy atom. The molecule has 1 heterocycles. The van der Waals surface area contributed by atoms with Crippen molar-refractivity contribution in [1.29, 1.82) is 0 Å².